The lowest BCUT2D eigenvalue weighted by atomic mass is 9.91. The summed E-state index contributed by atoms with van der Waals surface area (Å²) < 4.78 is 2.57. The van der Waals surface area contributed by atoms with Crippen molar-refractivity contribution in [3.63, 3.8) is 0 Å². The van der Waals surface area contributed by atoms with Crippen molar-refractivity contribution in [3.05, 3.63) is 224 Å². The van der Waals surface area contributed by atoms with Crippen molar-refractivity contribution in [2.75, 3.05) is 4.90 Å². The van der Waals surface area contributed by atoms with Gasteiger partial charge in [0.05, 0.1) is 11.4 Å². The van der Waals surface area contributed by atoms with Crippen LogP contribution in [-0.2, 0) is 0 Å². The van der Waals surface area contributed by atoms with Crippen molar-refractivity contribution in [2.45, 2.75) is 0 Å². The minimum absolute atomic E-state index is 1.11. The molecule has 2 heteroatoms. The van der Waals surface area contributed by atoms with E-state index in [4.69, 9.17) is 0 Å². The highest BCUT2D eigenvalue weighted by Gasteiger charge is 2.22. The molecule has 11 aromatic carbocycles. The molecule has 0 aliphatic heterocycles. The lowest BCUT2D eigenvalue weighted by molar-refractivity contribution is 1.32. The van der Waals surface area contributed by atoms with Gasteiger partial charge in [-0.2, -0.15) is 0 Å². The Morgan fingerprint density at radius 3 is 1.55 bits per heavy atom. The summed E-state index contributed by atoms with van der Waals surface area (Å²) in [7, 11) is 0. The molecule has 0 saturated carbocycles. The molecule has 1 aromatic heterocycles. The molecule has 12 aromatic rings. The van der Waals surface area contributed by atoms with Gasteiger partial charge in [-0.15, -0.1) is 11.3 Å². The fraction of sp³-hybridized carbons (Fsp3) is 0. The summed E-state index contributed by atoms with van der Waals surface area (Å²) in [5.41, 5.74) is 10.7. The van der Waals surface area contributed by atoms with E-state index in [1.54, 1.807) is 0 Å². The van der Waals surface area contributed by atoms with Crippen LogP contribution in [-0.4, -0.2) is 0 Å². The van der Waals surface area contributed by atoms with Crippen LogP contribution in [0.15, 0.2) is 224 Å². The van der Waals surface area contributed by atoms with E-state index < -0.39 is 0 Å². The number of benzene rings is 11. The van der Waals surface area contributed by atoms with Crippen LogP contribution in [0.4, 0.5) is 17.1 Å². The molecule has 0 aliphatic rings. The van der Waals surface area contributed by atoms with Crippen molar-refractivity contribution in [1.82, 2.24) is 0 Å². The molecule has 0 fully saturated rings. The summed E-state index contributed by atoms with van der Waals surface area (Å²) >= 11 is 1.88. The first kappa shape index (κ1) is 34.5. The van der Waals surface area contributed by atoms with E-state index in [0.29, 0.717) is 0 Å². The van der Waals surface area contributed by atoms with E-state index in [2.05, 4.69) is 229 Å². The third kappa shape index (κ3) is 5.76. The number of hydrogen-bond donors (Lipinski definition) is 0. The second kappa shape index (κ2) is 14.1. The molecule has 0 saturated heterocycles. The Kier molecular flexibility index (Phi) is 8.11. The van der Waals surface area contributed by atoms with E-state index in [0.717, 1.165) is 11.4 Å². The number of rotatable bonds is 6. The maximum Gasteiger partial charge on any atom is 0.0555 e. The van der Waals surface area contributed by atoms with Gasteiger partial charge in [-0.05, 0) is 126 Å². The number of anilines is 3. The summed E-state index contributed by atoms with van der Waals surface area (Å²) in [5, 5.41) is 12.5. The second-order valence-corrected chi connectivity index (χ2v) is 16.8. The highest BCUT2D eigenvalue weighted by Crippen LogP contribution is 2.49. The molecule has 0 radical (unpaired) electrons. The zero-order valence-electron chi connectivity index (χ0n) is 32.7. The van der Waals surface area contributed by atoms with Gasteiger partial charge in [0, 0.05) is 31.2 Å². The van der Waals surface area contributed by atoms with Gasteiger partial charge in [0.15, 0.2) is 0 Å². The molecule has 0 aliphatic carbocycles. The van der Waals surface area contributed by atoms with Crippen LogP contribution in [0.1, 0.15) is 0 Å². The number of fused-ring (bicyclic) bond motifs is 8. The van der Waals surface area contributed by atoms with Crippen LogP contribution in [0, 0.1) is 0 Å². The SMILES string of the molecule is c1ccc(-c2ccc(-c3ccc(N(c4cc(-c5cc6ccccc6c6ccccc56)cc5ccccc45)c4cccc5sc6cc7ccccc7cc6c45)cc3)cc2)cc1. The van der Waals surface area contributed by atoms with Crippen molar-refractivity contribution in [2.24, 2.45) is 0 Å². The average Bonchev–Trinajstić information content (AvgIpc) is 3.69. The Morgan fingerprint density at radius 2 is 0.833 bits per heavy atom. The topological polar surface area (TPSA) is 3.24 Å². The predicted molar refractivity (Wildman–Crippen MR) is 260 cm³/mol. The molecule has 1 nitrogen and oxygen atoms in total. The largest absolute Gasteiger partial charge is 0.309 e. The number of nitrogens with zero attached hydrogens (tertiary/aromatic N) is 1. The third-order valence-electron chi connectivity index (χ3n) is 12.2. The van der Waals surface area contributed by atoms with E-state index >= 15 is 0 Å². The highest BCUT2D eigenvalue weighted by molar-refractivity contribution is 7.26. The van der Waals surface area contributed by atoms with Crippen molar-refractivity contribution in [1.29, 1.82) is 0 Å². The zero-order chi connectivity index (χ0) is 39.6. The third-order valence-corrected chi connectivity index (χ3v) is 13.3. The number of thiophene rings is 1. The molecule has 60 heavy (non-hydrogen) atoms. The van der Waals surface area contributed by atoms with Crippen LogP contribution in [0.2, 0.25) is 0 Å². The van der Waals surface area contributed by atoms with Gasteiger partial charge in [0.25, 0.3) is 0 Å². The maximum absolute atomic E-state index is 2.51. The van der Waals surface area contributed by atoms with Gasteiger partial charge >= 0.3 is 0 Å². The molecule has 0 atom stereocenters. The van der Waals surface area contributed by atoms with Crippen LogP contribution in [0.25, 0.3) is 96.6 Å². The standard InChI is InChI=1S/C58H37NS/c1-2-13-38(14-3-1)39-25-27-40(28-26-39)41-29-31-47(32-30-41)59(54-23-12-24-56-58(54)53-34-42-15-4-5-16-43(42)37-57(53)60-56)55-36-46(33-44-17-7-9-20-49(44)55)52-35-45-18-6-8-19-48(45)50-21-10-11-22-51(50)52/h1-37H. The molecule has 0 unspecified atom stereocenters. The molecule has 0 N–H and O–H groups in total. The average molecular weight is 780 g/mol. The van der Waals surface area contributed by atoms with Gasteiger partial charge < -0.3 is 4.90 Å². The van der Waals surface area contributed by atoms with Crippen LogP contribution in [0.5, 0.6) is 0 Å². The Morgan fingerprint density at radius 1 is 0.283 bits per heavy atom. The summed E-state index contributed by atoms with van der Waals surface area (Å²) in [5.74, 6) is 0. The molecule has 0 spiro atoms. The molecular weight excluding hydrogens is 743 g/mol. The van der Waals surface area contributed by atoms with Gasteiger partial charge in [-0.1, -0.05) is 170 Å². The van der Waals surface area contributed by atoms with Crippen molar-refractivity contribution >= 4 is 91.7 Å². The maximum atomic E-state index is 2.51. The Balaban J connectivity index is 1.10. The first-order chi connectivity index (χ1) is 29.7. The van der Waals surface area contributed by atoms with Gasteiger partial charge in [-0.25, -0.2) is 0 Å². The minimum atomic E-state index is 1.11. The van der Waals surface area contributed by atoms with Crippen LogP contribution < -0.4 is 4.90 Å². The van der Waals surface area contributed by atoms with Crippen molar-refractivity contribution < 1.29 is 0 Å². The van der Waals surface area contributed by atoms with E-state index in [1.165, 1.54) is 102 Å². The smallest absolute Gasteiger partial charge is 0.0555 e. The molecule has 1 heterocycles. The fourth-order valence-electron chi connectivity index (χ4n) is 9.30. The summed E-state index contributed by atoms with van der Waals surface area (Å²) in [6, 6.07) is 82.7. The van der Waals surface area contributed by atoms with E-state index in [9.17, 15) is 0 Å². The quantitative estimate of drug-likeness (QED) is 0.152. The predicted octanol–water partition coefficient (Wildman–Crippen LogP) is 17.1. The van der Waals surface area contributed by atoms with E-state index in [1.807, 2.05) is 11.3 Å². The molecule has 12 rings (SSSR count). The monoisotopic (exact) mass is 779 g/mol. The first-order valence-electron chi connectivity index (χ1n) is 20.6. The summed E-state index contributed by atoms with van der Waals surface area (Å²) in [6.07, 6.45) is 0. The molecule has 280 valence electrons. The summed E-state index contributed by atoms with van der Waals surface area (Å²) in [4.78, 5) is 2.51. The Labute approximate surface area is 352 Å². The molecular formula is C58H37NS. The Hall–Kier alpha value is -7.52. The summed E-state index contributed by atoms with van der Waals surface area (Å²) in [6.45, 7) is 0. The second-order valence-electron chi connectivity index (χ2n) is 15.7. The van der Waals surface area contributed by atoms with Gasteiger partial charge in [-0.3, -0.25) is 0 Å². The lowest BCUT2D eigenvalue weighted by Gasteiger charge is -2.29. The lowest BCUT2D eigenvalue weighted by Crippen LogP contribution is -2.11. The molecule has 0 amide bonds. The van der Waals surface area contributed by atoms with Gasteiger partial charge in [0.2, 0.25) is 0 Å². The fourth-order valence-corrected chi connectivity index (χ4v) is 10.5. The highest BCUT2D eigenvalue weighted by atomic mass is 32.1. The first-order valence-corrected chi connectivity index (χ1v) is 21.4. The zero-order valence-corrected chi connectivity index (χ0v) is 33.5. The van der Waals surface area contributed by atoms with Crippen LogP contribution >= 0.6 is 11.3 Å². The van der Waals surface area contributed by atoms with Crippen LogP contribution in [0.3, 0.4) is 0 Å². The van der Waals surface area contributed by atoms with E-state index in [-0.39, 0.29) is 0 Å². The molecule has 0 bridgehead atoms. The minimum Gasteiger partial charge on any atom is -0.309 e. The normalized spacial score (nSPS) is 11.7. The van der Waals surface area contributed by atoms with Gasteiger partial charge in [0.1, 0.15) is 0 Å². The van der Waals surface area contributed by atoms with Crippen molar-refractivity contribution in [3.8, 4) is 33.4 Å². The number of hydrogen-bond acceptors (Lipinski definition) is 2. The Bertz CT molecular complexity index is 3580.